The van der Waals surface area contributed by atoms with E-state index in [4.69, 9.17) is 21.9 Å². The van der Waals surface area contributed by atoms with Gasteiger partial charge in [-0.15, -0.1) is 0 Å². The van der Waals surface area contributed by atoms with Gasteiger partial charge in [0.2, 0.25) is 0 Å². The molecule has 0 saturated heterocycles. The molecule has 0 aromatic carbocycles. The summed E-state index contributed by atoms with van der Waals surface area (Å²) in [6.45, 7) is 2.23. The average Bonchev–Trinajstić information content (AvgIpc) is 2.92. The molecule has 0 unspecified atom stereocenters. The quantitative estimate of drug-likeness (QED) is 0.0873. The number of methoxy groups -OCH3 is 1. The molecule has 0 aliphatic rings. The van der Waals surface area contributed by atoms with Crippen LogP contribution in [0.5, 0.6) is 0 Å². The maximum absolute atomic E-state index is 11.2. The standard InChI is InChI=1S/C11H14N4O2.C9H11N5O2.CH4.H4N4/c1-8(11(16)17-2)5-9-3-4-10(13-6-9)7-14-15-12;10-8(9(15)16)3-6-1-2-7(12-4-6)5-13-14-11;;1-3-4-2/h3-4,6,8H,5,7H2,1-2H3;1-2,4,8H,3,5,10H2,(H,15,16);1H4;(H2,1,4)(H2,2,3)/t2*8-;;/m00../s1. The number of azide groups is 2. The number of carbonyl (C=O) groups excluding carboxylic acids is 1. The van der Waals surface area contributed by atoms with Gasteiger partial charge in [0.15, 0.2) is 0 Å². The van der Waals surface area contributed by atoms with Gasteiger partial charge < -0.3 is 27.3 Å². The second kappa shape index (κ2) is 21.3. The molecule has 7 N–H and O–H groups in total. The Morgan fingerprint density at radius 3 is 1.74 bits per heavy atom. The zero-order chi connectivity index (χ0) is 28.1. The van der Waals surface area contributed by atoms with Crippen LogP contribution in [0.4, 0.5) is 0 Å². The lowest BCUT2D eigenvalue weighted by Crippen LogP contribution is -2.32. The first-order valence-corrected chi connectivity index (χ1v) is 10.5. The molecule has 206 valence electrons. The monoisotopic (exact) mass is 531 g/mol. The largest absolute Gasteiger partial charge is 0.480 e. The zero-order valence-electron chi connectivity index (χ0n) is 20.3. The van der Waals surface area contributed by atoms with Crippen molar-refractivity contribution in [3.05, 3.63) is 80.1 Å². The van der Waals surface area contributed by atoms with E-state index < -0.39 is 12.0 Å². The molecule has 2 aromatic heterocycles. The van der Waals surface area contributed by atoms with Crippen molar-refractivity contribution in [1.82, 2.24) is 9.97 Å². The molecule has 2 atom stereocenters. The highest BCUT2D eigenvalue weighted by Gasteiger charge is 2.14. The van der Waals surface area contributed by atoms with Crippen molar-refractivity contribution in [3.63, 3.8) is 0 Å². The molecule has 0 amide bonds. The molecule has 2 heterocycles. The Balaban J connectivity index is 0. The number of nitrogens with zero attached hydrogens (tertiary/aromatic N) is 10. The molecule has 17 heteroatoms. The summed E-state index contributed by atoms with van der Waals surface area (Å²) in [6.07, 6.45) is 4.03. The summed E-state index contributed by atoms with van der Waals surface area (Å²) in [5, 5.41) is 20.7. The van der Waals surface area contributed by atoms with Crippen LogP contribution in [0.25, 0.3) is 20.9 Å². The van der Waals surface area contributed by atoms with Crippen LogP contribution in [-0.2, 0) is 40.3 Å². The predicted octanol–water partition coefficient (Wildman–Crippen LogP) is 2.91. The maximum Gasteiger partial charge on any atom is 0.320 e. The number of aromatic nitrogens is 2. The van der Waals surface area contributed by atoms with Gasteiger partial charge in [-0.25, -0.2) is 0 Å². The normalized spacial score (nSPS) is 10.9. The Morgan fingerprint density at radius 2 is 1.42 bits per heavy atom. The summed E-state index contributed by atoms with van der Waals surface area (Å²) < 4.78 is 4.65. The van der Waals surface area contributed by atoms with Crippen molar-refractivity contribution in [2.24, 2.45) is 44.0 Å². The van der Waals surface area contributed by atoms with E-state index in [1.807, 2.05) is 6.07 Å². The third kappa shape index (κ3) is 15.8. The lowest BCUT2D eigenvalue weighted by atomic mass is 10.0. The molecule has 2 aromatic rings. The second-order valence-electron chi connectivity index (χ2n) is 7.10. The number of hydrogen-bond donors (Lipinski definition) is 4. The van der Waals surface area contributed by atoms with Gasteiger partial charge in [-0.05, 0) is 47.2 Å². The molecule has 2 rings (SSSR count). The lowest BCUT2D eigenvalue weighted by molar-refractivity contribution is -0.144. The number of aliphatic carboxylic acids is 1. The van der Waals surface area contributed by atoms with Crippen LogP contribution in [0.15, 0.2) is 57.3 Å². The van der Waals surface area contributed by atoms with Crippen molar-refractivity contribution in [2.75, 3.05) is 7.11 Å². The summed E-state index contributed by atoms with van der Waals surface area (Å²) in [5.74, 6) is 7.26. The molecular formula is C21H33N13O4. The van der Waals surface area contributed by atoms with Gasteiger partial charge in [0.1, 0.15) is 6.04 Å². The molecule has 0 bridgehead atoms. The molecule has 38 heavy (non-hydrogen) atoms. The number of nitrogens with two attached hydrogens (primary N) is 3. The van der Waals surface area contributed by atoms with Gasteiger partial charge in [-0.1, -0.05) is 47.2 Å². The van der Waals surface area contributed by atoms with Gasteiger partial charge in [0.05, 0.1) is 26.1 Å². The van der Waals surface area contributed by atoms with Crippen LogP contribution in [0.3, 0.4) is 0 Å². The Bertz CT molecular complexity index is 1080. The molecular weight excluding hydrogens is 498 g/mol. The molecule has 0 radical (unpaired) electrons. The van der Waals surface area contributed by atoms with Crippen molar-refractivity contribution >= 4 is 11.9 Å². The summed E-state index contributed by atoms with van der Waals surface area (Å²) in [5.41, 5.74) is 24.7. The van der Waals surface area contributed by atoms with Crippen LogP contribution in [0, 0.1) is 5.92 Å². The third-order valence-electron chi connectivity index (χ3n) is 4.35. The fourth-order valence-electron chi connectivity index (χ4n) is 2.53. The highest BCUT2D eigenvalue weighted by atomic mass is 16.5. The van der Waals surface area contributed by atoms with E-state index in [1.165, 1.54) is 13.3 Å². The second-order valence-corrected chi connectivity index (χ2v) is 7.10. The van der Waals surface area contributed by atoms with Crippen LogP contribution < -0.4 is 17.4 Å². The minimum Gasteiger partial charge on any atom is -0.480 e. The number of ether oxygens (including phenoxy) is 1. The smallest absolute Gasteiger partial charge is 0.320 e. The van der Waals surface area contributed by atoms with Gasteiger partial charge in [-0.3, -0.25) is 19.6 Å². The molecule has 0 aliphatic heterocycles. The number of pyridine rings is 2. The number of hydrogen-bond acceptors (Lipinski definition) is 10. The van der Waals surface area contributed by atoms with Crippen LogP contribution in [0.2, 0.25) is 0 Å². The summed E-state index contributed by atoms with van der Waals surface area (Å²) in [6, 6.07) is 6.13. The summed E-state index contributed by atoms with van der Waals surface area (Å²) >= 11 is 0. The average molecular weight is 532 g/mol. The minimum absolute atomic E-state index is 0. The van der Waals surface area contributed by atoms with Gasteiger partial charge in [0.25, 0.3) is 0 Å². The Kier molecular flexibility index (Phi) is 19.7. The first-order chi connectivity index (χ1) is 17.7. The van der Waals surface area contributed by atoms with Gasteiger partial charge >= 0.3 is 11.9 Å². The number of carboxylic acid groups (broad SMARTS) is 1. The number of esters is 1. The van der Waals surface area contributed by atoms with Crippen molar-refractivity contribution < 1.29 is 19.4 Å². The highest BCUT2D eigenvalue weighted by Crippen LogP contribution is 2.10. The highest BCUT2D eigenvalue weighted by molar-refractivity contribution is 5.73. The fourth-order valence-corrected chi connectivity index (χ4v) is 2.53. The van der Waals surface area contributed by atoms with Crippen LogP contribution >= 0.6 is 0 Å². The van der Waals surface area contributed by atoms with Crippen LogP contribution in [0.1, 0.15) is 36.9 Å². The van der Waals surface area contributed by atoms with Crippen molar-refractivity contribution in [3.8, 4) is 0 Å². The van der Waals surface area contributed by atoms with Gasteiger partial charge in [-0.2, -0.15) is 0 Å². The van der Waals surface area contributed by atoms with E-state index in [1.54, 1.807) is 31.3 Å². The summed E-state index contributed by atoms with van der Waals surface area (Å²) in [4.78, 5) is 35.2. The fraction of sp³-hybridized carbons (Fsp3) is 0.429. The number of carboxylic acids is 1. The van der Waals surface area contributed by atoms with Crippen LogP contribution in [-0.4, -0.2) is 40.2 Å². The maximum atomic E-state index is 11.2. The molecule has 0 aliphatic carbocycles. The topological polar surface area (TPSA) is 290 Å². The first kappa shape index (κ1) is 35.2. The molecule has 0 saturated carbocycles. The van der Waals surface area contributed by atoms with Crippen molar-refractivity contribution in [2.45, 2.75) is 46.3 Å². The summed E-state index contributed by atoms with van der Waals surface area (Å²) in [7, 11) is 1.38. The number of carbonyl (C=O) groups is 2. The van der Waals surface area contributed by atoms with Gasteiger partial charge in [0, 0.05) is 33.6 Å². The van der Waals surface area contributed by atoms with Crippen molar-refractivity contribution in [1.29, 1.82) is 0 Å². The Morgan fingerprint density at radius 1 is 0.974 bits per heavy atom. The predicted molar refractivity (Wildman–Crippen MR) is 138 cm³/mol. The minimum atomic E-state index is -1.04. The third-order valence-corrected chi connectivity index (χ3v) is 4.35. The lowest BCUT2D eigenvalue weighted by Gasteiger charge is -2.08. The number of rotatable bonds is 10. The molecule has 0 spiro atoms. The zero-order valence-corrected chi connectivity index (χ0v) is 20.3. The Labute approximate surface area is 219 Å². The van der Waals surface area contributed by atoms with E-state index in [-0.39, 0.29) is 38.8 Å². The Hall–Kier alpha value is -4.98. The molecule has 17 nitrogen and oxygen atoms in total. The van der Waals surface area contributed by atoms with E-state index in [2.05, 4.69) is 56.9 Å². The van der Waals surface area contributed by atoms with E-state index in [9.17, 15) is 9.59 Å². The van der Waals surface area contributed by atoms with E-state index in [0.29, 0.717) is 17.8 Å². The van der Waals surface area contributed by atoms with E-state index >= 15 is 0 Å². The first-order valence-electron chi connectivity index (χ1n) is 10.5. The SMILES string of the molecule is C.COC(=O)[C@@H](C)Cc1ccc(CN=[N+]=[N-])nc1.N/N=N/N.[N-]=[N+]=NCc1ccc(C[C@H](N)C(=O)O)cn1. The van der Waals surface area contributed by atoms with E-state index in [0.717, 1.165) is 11.1 Å². The molecule has 0 fully saturated rings.